The average Bonchev–Trinajstić information content (AvgIpc) is 3.08. The fourth-order valence-electron chi connectivity index (χ4n) is 3.82. The Morgan fingerprint density at radius 2 is 1.47 bits per heavy atom. The minimum Gasteiger partial charge on any atom is -0.374 e. The lowest BCUT2D eigenvalue weighted by molar-refractivity contribution is 0.102. The third kappa shape index (κ3) is 4.61. The summed E-state index contributed by atoms with van der Waals surface area (Å²) >= 11 is 1.63. The molecule has 0 radical (unpaired) electrons. The summed E-state index contributed by atoms with van der Waals surface area (Å²) in [5.41, 5.74) is 7.69. The maximum absolute atomic E-state index is 13.0. The zero-order valence-corrected chi connectivity index (χ0v) is 19.7. The highest BCUT2D eigenvalue weighted by molar-refractivity contribution is 7.16. The minimum atomic E-state index is -0.0916. The maximum Gasteiger partial charge on any atom is 0.256 e. The van der Waals surface area contributed by atoms with E-state index in [9.17, 15) is 4.79 Å². The number of hydrogen-bond acceptors (Lipinski definition) is 3. The molecule has 4 aromatic rings. The highest BCUT2D eigenvalue weighted by Crippen LogP contribution is 2.41. The van der Waals surface area contributed by atoms with Crippen molar-refractivity contribution in [3.05, 3.63) is 117 Å². The van der Waals surface area contributed by atoms with E-state index in [1.165, 1.54) is 21.6 Å². The van der Waals surface area contributed by atoms with Crippen molar-refractivity contribution < 1.29 is 4.79 Å². The summed E-state index contributed by atoms with van der Waals surface area (Å²) in [6.45, 7) is 8.50. The first-order chi connectivity index (χ1) is 15.4. The molecule has 0 aliphatic carbocycles. The molecule has 4 heteroatoms. The fourth-order valence-corrected chi connectivity index (χ4v) is 4.91. The molecule has 2 N–H and O–H groups in total. The van der Waals surface area contributed by atoms with Gasteiger partial charge in [-0.05, 0) is 74.2 Å². The summed E-state index contributed by atoms with van der Waals surface area (Å²) in [5, 5.41) is 7.82. The summed E-state index contributed by atoms with van der Waals surface area (Å²) in [5.74, 6) is -0.0916. The second-order valence-corrected chi connectivity index (χ2v) is 9.36. The van der Waals surface area contributed by atoms with Crippen LogP contribution in [0, 0.1) is 27.7 Å². The molecule has 0 unspecified atom stereocenters. The van der Waals surface area contributed by atoms with Gasteiger partial charge in [0.15, 0.2) is 0 Å². The molecule has 0 saturated heterocycles. The Morgan fingerprint density at radius 1 is 0.812 bits per heavy atom. The van der Waals surface area contributed by atoms with E-state index in [-0.39, 0.29) is 11.9 Å². The van der Waals surface area contributed by atoms with E-state index in [0.717, 1.165) is 21.8 Å². The summed E-state index contributed by atoms with van der Waals surface area (Å²) in [4.78, 5) is 14.2. The van der Waals surface area contributed by atoms with E-state index in [1.54, 1.807) is 11.3 Å². The molecule has 0 aliphatic heterocycles. The van der Waals surface area contributed by atoms with Crippen LogP contribution in [0.4, 0.5) is 10.7 Å². The molecule has 32 heavy (non-hydrogen) atoms. The molecule has 162 valence electrons. The van der Waals surface area contributed by atoms with E-state index in [1.807, 2.05) is 36.4 Å². The van der Waals surface area contributed by atoms with Crippen LogP contribution in [-0.4, -0.2) is 5.91 Å². The van der Waals surface area contributed by atoms with Gasteiger partial charge in [0.25, 0.3) is 5.91 Å². The van der Waals surface area contributed by atoms with E-state index >= 15 is 0 Å². The Morgan fingerprint density at radius 3 is 2.12 bits per heavy atom. The molecule has 1 amide bonds. The number of carbonyl (C=O) groups excluding carboxylic acids is 1. The zero-order chi connectivity index (χ0) is 22.7. The molecule has 0 bridgehead atoms. The van der Waals surface area contributed by atoms with Crippen LogP contribution in [0.3, 0.4) is 0 Å². The average molecular weight is 441 g/mol. The van der Waals surface area contributed by atoms with Crippen LogP contribution in [0.2, 0.25) is 0 Å². The van der Waals surface area contributed by atoms with Gasteiger partial charge in [0.1, 0.15) is 5.00 Å². The van der Waals surface area contributed by atoms with Gasteiger partial charge < -0.3 is 10.6 Å². The van der Waals surface area contributed by atoms with E-state index in [4.69, 9.17) is 0 Å². The second-order valence-electron chi connectivity index (χ2n) is 8.13. The SMILES string of the molecule is Cc1ccc(N[C@@H](c2ccccc2)c2c(NC(=O)c3ccccc3)sc(C)c2C)cc1C. The standard InChI is InChI=1S/C28H28N2OS/c1-18-15-16-24(17-19(18)2)29-26(22-11-7-5-8-12-22)25-20(3)21(4)32-28(25)30-27(31)23-13-9-6-10-14-23/h5-17,26,29H,1-4H3,(H,30,31)/t26-/m0/s1. The molecule has 3 nitrogen and oxygen atoms in total. The Balaban J connectivity index is 1.77. The maximum atomic E-state index is 13.0. The molecule has 0 spiro atoms. The van der Waals surface area contributed by atoms with Gasteiger partial charge in [0, 0.05) is 21.7 Å². The number of amides is 1. The van der Waals surface area contributed by atoms with Crippen molar-refractivity contribution in [2.75, 3.05) is 10.6 Å². The summed E-state index contributed by atoms with van der Waals surface area (Å²) in [6, 6.07) is 26.1. The highest BCUT2D eigenvalue weighted by atomic mass is 32.1. The van der Waals surface area contributed by atoms with Gasteiger partial charge in [-0.15, -0.1) is 11.3 Å². The van der Waals surface area contributed by atoms with Gasteiger partial charge in [0.05, 0.1) is 6.04 Å². The van der Waals surface area contributed by atoms with Crippen molar-refractivity contribution in [1.29, 1.82) is 0 Å². The first-order valence-electron chi connectivity index (χ1n) is 10.8. The van der Waals surface area contributed by atoms with Crippen LogP contribution in [0.1, 0.15) is 49.1 Å². The predicted octanol–water partition coefficient (Wildman–Crippen LogP) is 7.44. The molecular weight excluding hydrogens is 412 g/mol. The van der Waals surface area contributed by atoms with Crippen molar-refractivity contribution in [2.24, 2.45) is 0 Å². The number of nitrogens with one attached hydrogen (secondary N) is 2. The van der Waals surface area contributed by atoms with E-state index in [2.05, 4.69) is 80.8 Å². The van der Waals surface area contributed by atoms with Gasteiger partial charge in [-0.2, -0.15) is 0 Å². The lowest BCUT2D eigenvalue weighted by Gasteiger charge is -2.23. The number of hydrogen-bond donors (Lipinski definition) is 2. The lowest BCUT2D eigenvalue weighted by Crippen LogP contribution is -2.17. The molecule has 0 aliphatic rings. The van der Waals surface area contributed by atoms with E-state index < -0.39 is 0 Å². The van der Waals surface area contributed by atoms with Gasteiger partial charge >= 0.3 is 0 Å². The molecule has 0 fully saturated rings. The third-order valence-corrected chi connectivity index (χ3v) is 7.07. The fraction of sp³-hybridized carbons (Fsp3) is 0.179. The quantitative estimate of drug-likeness (QED) is 0.327. The number of anilines is 2. The Labute approximate surface area is 194 Å². The zero-order valence-electron chi connectivity index (χ0n) is 18.9. The van der Waals surface area contributed by atoms with E-state index in [0.29, 0.717) is 5.56 Å². The molecule has 0 saturated carbocycles. The van der Waals surface area contributed by atoms with Gasteiger partial charge in [-0.1, -0.05) is 54.6 Å². The van der Waals surface area contributed by atoms with Crippen LogP contribution in [-0.2, 0) is 0 Å². The minimum absolute atomic E-state index is 0.0886. The summed E-state index contributed by atoms with van der Waals surface area (Å²) in [6.07, 6.45) is 0. The lowest BCUT2D eigenvalue weighted by atomic mass is 9.95. The van der Waals surface area contributed by atoms with Crippen LogP contribution >= 0.6 is 11.3 Å². The van der Waals surface area contributed by atoms with Gasteiger partial charge in [0.2, 0.25) is 0 Å². The molecule has 4 rings (SSSR count). The van der Waals surface area contributed by atoms with Crippen molar-refractivity contribution >= 4 is 27.9 Å². The monoisotopic (exact) mass is 440 g/mol. The van der Waals surface area contributed by atoms with Crippen LogP contribution in [0.15, 0.2) is 78.9 Å². The van der Waals surface area contributed by atoms with Crippen molar-refractivity contribution in [2.45, 2.75) is 33.7 Å². The van der Waals surface area contributed by atoms with Crippen LogP contribution < -0.4 is 10.6 Å². The molecule has 1 atom stereocenters. The smallest absolute Gasteiger partial charge is 0.256 e. The molecular formula is C28H28N2OS. The topological polar surface area (TPSA) is 41.1 Å². The number of benzene rings is 3. The van der Waals surface area contributed by atoms with Crippen molar-refractivity contribution in [3.63, 3.8) is 0 Å². The first kappa shape index (κ1) is 21.8. The predicted molar refractivity (Wildman–Crippen MR) is 136 cm³/mol. The first-order valence-corrected chi connectivity index (χ1v) is 11.6. The third-order valence-electron chi connectivity index (χ3n) is 5.93. The van der Waals surface area contributed by atoms with Crippen molar-refractivity contribution in [1.82, 2.24) is 0 Å². The molecule has 3 aromatic carbocycles. The number of rotatable bonds is 6. The number of aryl methyl sites for hydroxylation is 3. The van der Waals surface area contributed by atoms with Crippen LogP contribution in [0.5, 0.6) is 0 Å². The summed E-state index contributed by atoms with van der Waals surface area (Å²) in [7, 11) is 0. The highest BCUT2D eigenvalue weighted by Gasteiger charge is 2.25. The number of thiophene rings is 1. The van der Waals surface area contributed by atoms with Gasteiger partial charge in [-0.25, -0.2) is 0 Å². The number of carbonyl (C=O) groups is 1. The molecule has 1 aromatic heterocycles. The normalized spacial score (nSPS) is 11.8. The summed E-state index contributed by atoms with van der Waals surface area (Å²) < 4.78 is 0. The van der Waals surface area contributed by atoms with Gasteiger partial charge in [-0.3, -0.25) is 4.79 Å². The Kier molecular flexibility index (Phi) is 6.42. The van der Waals surface area contributed by atoms with Crippen LogP contribution in [0.25, 0.3) is 0 Å². The molecule has 1 heterocycles. The second kappa shape index (κ2) is 9.41. The Bertz CT molecular complexity index is 1230. The van der Waals surface area contributed by atoms with Crippen molar-refractivity contribution in [3.8, 4) is 0 Å². The Hall–Kier alpha value is -3.37. The largest absolute Gasteiger partial charge is 0.374 e.